The molecule has 2 atom stereocenters. The highest BCUT2D eigenvalue weighted by molar-refractivity contribution is 5.61. The molecule has 25 heavy (non-hydrogen) atoms. The van der Waals surface area contributed by atoms with Crippen LogP contribution in [0.3, 0.4) is 0 Å². The second kappa shape index (κ2) is 8.50. The van der Waals surface area contributed by atoms with Gasteiger partial charge in [-0.1, -0.05) is 12.0 Å². The molecule has 2 aliphatic rings. The van der Waals surface area contributed by atoms with Crippen LogP contribution >= 0.6 is 0 Å². The van der Waals surface area contributed by atoms with Crippen LogP contribution in [0.1, 0.15) is 12.5 Å². The Labute approximate surface area is 148 Å². The van der Waals surface area contributed by atoms with Gasteiger partial charge in [0.1, 0.15) is 6.17 Å². The van der Waals surface area contributed by atoms with Crippen molar-refractivity contribution in [3.63, 3.8) is 0 Å². The van der Waals surface area contributed by atoms with Gasteiger partial charge in [-0.05, 0) is 49.3 Å². The van der Waals surface area contributed by atoms with Crippen LogP contribution in [0.5, 0.6) is 0 Å². The van der Waals surface area contributed by atoms with Gasteiger partial charge in [-0.15, -0.1) is 0 Å². The number of nitrogens with zero attached hydrogens (tertiary/aromatic N) is 2. The molecule has 0 aliphatic carbocycles. The minimum atomic E-state index is -1.09. The summed E-state index contributed by atoms with van der Waals surface area (Å²) < 4.78 is 19.0. The average molecular weight is 339 g/mol. The Morgan fingerprint density at radius 3 is 2.72 bits per heavy atom. The van der Waals surface area contributed by atoms with Gasteiger partial charge in [0.25, 0.3) is 0 Å². The second-order valence-electron chi connectivity index (χ2n) is 5.97. The molecule has 130 valence electrons. The second-order valence-corrected chi connectivity index (χ2v) is 5.97. The molecule has 1 N–H and O–H groups in total. The van der Waals surface area contributed by atoms with Crippen LogP contribution in [-0.4, -0.2) is 44.9 Å². The van der Waals surface area contributed by atoms with Gasteiger partial charge in [0.2, 0.25) is 0 Å². The fourth-order valence-electron chi connectivity index (χ4n) is 2.57. The molecule has 0 aromatic heterocycles. The Morgan fingerprint density at radius 2 is 1.96 bits per heavy atom. The zero-order valence-corrected chi connectivity index (χ0v) is 14.3. The lowest BCUT2D eigenvalue weighted by molar-refractivity contribution is 0.122. The lowest BCUT2D eigenvalue weighted by Gasteiger charge is -2.28. The molecule has 1 aromatic carbocycles. The minimum Gasteiger partial charge on any atom is -0.378 e. The fraction of sp³-hybridized carbons (Fsp3) is 0.350. The highest BCUT2D eigenvalue weighted by atomic mass is 19.1. The molecule has 3 rings (SSSR count). The van der Waals surface area contributed by atoms with E-state index in [9.17, 15) is 4.39 Å². The van der Waals surface area contributed by atoms with Crippen molar-refractivity contribution in [2.45, 2.75) is 19.1 Å². The molecule has 2 heterocycles. The van der Waals surface area contributed by atoms with Crippen molar-refractivity contribution >= 4 is 12.0 Å². The molecule has 1 aromatic rings. The van der Waals surface area contributed by atoms with Crippen molar-refractivity contribution in [3.05, 3.63) is 53.8 Å². The van der Waals surface area contributed by atoms with Crippen LogP contribution in [0.25, 0.3) is 0 Å². The van der Waals surface area contributed by atoms with Gasteiger partial charge in [-0.2, -0.15) is 0 Å². The van der Waals surface area contributed by atoms with Gasteiger partial charge in [-0.3, -0.25) is 4.99 Å². The predicted octanol–water partition coefficient (Wildman–Crippen LogP) is 2.67. The van der Waals surface area contributed by atoms with E-state index in [1.54, 1.807) is 19.1 Å². The van der Waals surface area contributed by atoms with E-state index in [0.717, 1.165) is 31.9 Å². The number of nitrogens with one attached hydrogen (secondary N) is 1. The summed E-state index contributed by atoms with van der Waals surface area (Å²) in [6.07, 6.45) is 5.34. The Morgan fingerprint density at radius 1 is 1.20 bits per heavy atom. The monoisotopic (exact) mass is 339 g/mol. The Hall–Kier alpha value is -2.58. The maximum absolute atomic E-state index is 13.7. The van der Waals surface area contributed by atoms with Gasteiger partial charge in [-0.25, -0.2) is 4.39 Å². The quantitative estimate of drug-likeness (QED) is 0.799. The Kier molecular flexibility index (Phi) is 5.86. The van der Waals surface area contributed by atoms with E-state index in [0.29, 0.717) is 5.70 Å². The summed E-state index contributed by atoms with van der Waals surface area (Å²) in [5.41, 5.74) is 2.79. The molecule has 0 spiro atoms. The Bertz CT molecular complexity index is 722. The Balaban J connectivity index is 1.68. The first kappa shape index (κ1) is 17.2. The molecule has 0 bridgehead atoms. The van der Waals surface area contributed by atoms with E-state index in [-0.39, 0.29) is 0 Å². The smallest absolute Gasteiger partial charge is 0.141 e. The van der Waals surface area contributed by atoms with Crippen LogP contribution in [0, 0.1) is 11.8 Å². The molecular weight excluding hydrogens is 317 g/mol. The first-order valence-electron chi connectivity index (χ1n) is 8.48. The number of hydrogen-bond acceptors (Lipinski definition) is 4. The van der Waals surface area contributed by atoms with Crippen LogP contribution in [0.4, 0.5) is 10.1 Å². The lowest BCUT2D eigenvalue weighted by atomic mass is 10.2. The highest BCUT2D eigenvalue weighted by Gasteiger charge is 2.11. The fourth-order valence-corrected chi connectivity index (χ4v) is 2.57. The van der Waals surface area contributed by atoms with Gasteiger partial charge >= 0.3 is 0 Å². The number of halogens is 1. The van der Waals surface area contributed by atoms with Gasteiger partial charge in [0.05, 0.1) is 31.3 Å². The third kappa shape index (κ3) is 4.94. The van der Waals surface area contributed by atoms with Crippen LogP contribution < -0.4 is 10.2 Å². The first-order chi connectivity index (χ1) is 12.2. The van der Waals surface area contributed by atoms with E-state index in [4.69, 9.17) is 4.74 Å². The predicted molar refractivity (Wildman–Crippen MR) is 99.6 cm³/mol. The third-order valence-corrected chi connectivity index (χ3v) is 4.13. The van der Waals surface area contributed by atoms with E-state index in [1.165, 1.54) is 18.1 Å². The van der Waals surface area contributed by atoms with Crippen LogP contribution in [0.15, 0.2) is 53.2 Å². The molecular formula is C20H22FN3O. The maximum atomic E-state index is 13.7. The van der Waals surface area contributed by atoms with Crippen LogP contribution in [0.2, 0.25) is 0 Å². The topological polar surface area (TPSA) is 36.9 Å². The number of benzene rings is 1. The minimum absolute atomic E-state index is 0.405. The first-order valence-corrected chi connectivity index (χ1v) is 8.48. The lowest BCUT2D eigenvalue weighted by Crippen LogP contribution is -2.36. The van der Waals surface area contributed by atoms with E-state index in [2.05, 4.69) is 39.2 Å². The number of morpholine rings is 1. The van der Waals surface area contributed by atoms with Crippen molar-refractivity contribution in [2.24, 2.45) is 4.99 Å². The summed E-state index contributed by atoms with van der Waals surface area (Å²) in [4.78, 5) is 6.41. The number of aliphatic imine (C=N–C) groups is 1. The molecule has 0 radical (unpaired) electrons. The zero-order chi connectivity index (χ0) is 17.5. The highest BCUT2D eigenvalue weighted by Crippen LogP contribution is 2.16. The zero-order valence-electron chi connectivity index (χ0n) is 14.3. The van der Waals surface area contributed by atoms with Gasteiger partial charge in [0, 0.05) is 24.3 Å². The molecule has 1 saturated heterocycles. The van der Waals surface area contributed by atoms with Gasteiger partial charge in [0.15, 0.2) is 0 Å². The average Bonchev–Trinajstić information content (AvgIpc) is 2.73. The van der Waals surface area contributed by atoms with Crippen molar-refractivity contribution in [3.8, 4) is 11.8 Å². The summed E-state index contributed by atoms with van der Waals surface area (Å²) in [5.74, 6) is 6.19. The largest absolute Gasteiger partial charge is 0.378 e. The summed E-state index contributed by atoms with van der Waals surface area (Å²) in [7, 11) is 0. The van der Waals surface area contributed by atoms with Crippen molar-refractivity contribution in [1.82, 2.24) is 5.32 Å². The molecule has 4 nitrogen and oxygen atoms in total. The molecule has 2 unspecified atom stereocenters. The molecule has 1 fully saturated rings. The summed E-state index contributed by atoms with van der Waals surface area (Å²) >= 11 is 0. The number of allylic oxidation sites excluding steroid dienone is 3. The molecule has 0 saturated carbocycles. The SMILES string of the molecule is CC1N=CN/C(C#Cc2ccc(N3CCOCC3)cc2)=C\C=C\C1F. The number of rotatable bonds is 1. The summed E-state index contributed by atoms with van der Waals surface area (Å²) in [5, 5.41) is 3.00. The van der Waals surface area contributed by atoms with Gasteiger partial charge < -0.3 is 15.0 Å². The van der Waals surface area contributed by atoms with Crippen LogP contribution in [-0.2, 0) is 4.74 Å². The molecule has 0 amide bonds. The van der Waals surface area contributed by atoms with Crippen molar-refractivity contribution in [1.29, 1.82) is 0 Å². The summed E-state index contributed by atoms with van der Waals surface area (Å²) in [6.45, 7) is 5.12. The number of hydrogen-bond donors (Lipinski definition) is 1. The standard InChI is InChI=1S/C20H22FN3O/c1-16-20(21)4-2-3-18(23-15-22-16)8-5-17-6-9-19(10-7-17)24-11-13-25-14-12-24/h2-4,6-7,9-10,15-16,20H,11-14H2,1H3,(H,22,23)/b4-2+,18-3-. The molecule has 5 heteroatoms. The number of anilines is 1. The third-order valence-electron chi connectivity index (χ3n) is 4.13. The maximum Gasteiger partial charge on any atom is 0.141 e. The summed E-state index contributed by atoms with van der Waals surface area (Å²) in [6, 6.07) is 7.78. The van der Waals surface area contributed by atoms with Crippen molar-refractivity contribution in [2.75, 3.05) is 31.2 Å². The van der Waals surface area contributed by atoms with E-state index >= 15 is 0 Å². The van der Waals surface area contributed by atoms with Crippen molar-refractivity contribution < 1.29 is 9.13 Å². The normalized spacial score (nSPS) is 26.8. The van der Waals surface area contributed by atoms with E-state index in [1.807, 2.05) is 12.1 Å². The number of ether oxygens (including phenoxy) is 1. The molecule has 2 aliphatic heterocycles. The number of alkyl halides is 1. The van der Waals surface area contributed by atoms with E-state index < -0.39 is 12.2 Å².